The highest BCUT2D eigenvalue weighted by Crippen LogP contribution is 2.32. The van der Waals surface area contributed by atoms with Gasteiger partial charge in [0.25, 0.3) is 21.8 Å². The Bertz CT molecular complexity index is 879. The number of rotatable bonds is 4. The maximum atomic E-state index is 12.7. The molecular formula is C14H14BrN3O4S3. The number of hydrogen-bond donors (Lipinski definition) is 2. The molecule has 3 rings (SSSR count). The summed E-state index contributed by atoms with van der Waals surface area (Å²) in [5, 5.41) is 1.75. The normalized spacial score (nSPS) is 18.2. The number of hydrogen-bond acceptors (Lipinski definition) is 6. The minimum Gasteiger partial charge on any atom is -0.271 e. The van der Waals surface area contributed by atoms with Crippen LogP contribution in [0.4, 0.5) is 0 Å². The number of halogens is 1. The Balaban J connectivity index is 1.68. The summed E-state index contributed by atoms with van der Waals surface area (Å²) >= 11 is 5.59. The van der Waals surface area contributed by atoms with Crippen LogP contribution in [0.25, 0.3) is 0 Å². The molecule has 2 amide bonds. The van der Waals surface area contributed by atoms with Crippen molar-refractivity contribution < 1.29 is 18.0 Å². The van der Waals surface area contributed by atoms with E-state index in [4.69, 9.17) is 0 Å². The quantitative estimate of drug-likeness (QED) is 0.679. The molecule has 0 aliphatic carbocycles. The van der Waals surface area contributed by atoms with Gasteiger partial charge in [0.15, 0.2) is 0 Å². The van der Waals surface area contributed by atoms with Gasteiger partial charge >= 0.3 is 0 Å². The highest BCUT2D eigenvalue weighted by molar-refractivity contribution is 9.11. The van der Waals surface area contributed by atoms with E-state index in [1.54, 1.807) is 23.6 Å². The van der Waals surface area contributed by atoms with Gasteiger partial charge < -0.3 is 0 Å². The van der Waals surface area contributed by atoms with Crippen molar-refractivity contribution in [3.8, 4) is 0 Å². The molecule has 0 spiro atoms. The molecule has 1 atom stereocenters. The lowest BCUT2D eigenvalue weighted by Gasteiger charge is -2.22. The summed E-state index contributed by atoms with van der Waals surface area (Å²) in [6.07, 6.45) is 0.995. The molecule has 0 radical (unpaired) electrons. The van der Waals surface area contributed by atoms with Crippen LogP contribution < -0.4 is 10.9 Å². The average Bonchev–Trinajstić information content (AvgIpc) is 3.31. The highest BCUT2D eigenvalue weighted by atomic mass is 79.9. The van der Waals surface area contributed by atoms with E-state index < -0.39 is 27.9 Å². The van der Waals surface area contributed by atoms with Crippen molar-refractivity contribution in [2.24, 2.45) is 0 Å². The highest BCUT2D eigenvalue weighted by Gasteiger charge is 2.40. The fraction of sp³-hybridized carbons (Fsp3) is 0.286. The summed E-state index contributed by atoms with van der Waals surface area (Å²) in [5.74, 6) is -0.973. The molecule has 25 heavy (non-hydrogen) atoms. The zero-order valence-electron chi connectivity index (χ0n) is 12.8. The van der Waals surface area contributed by atoms with Crippen LogP contribution in [0.2, 0.25) is 0 Å². The summed E-state index contributed by atoms with van der Waals surface area (Å²) in [6, 6.07) is 5.69. The first-order valence-electron chi connectivity index (χ1n) is 7.30. The lowest BCUT2D eigenvalue weighted by molar-refractivity contribution is -0.124. The summed E-state index contributed by atoms with van der Waals surface area (Å²) in [5.41, 5.74) is 4.65. The number of nitrogens with one attached hydrogen (secondary N) is 2. The minimum absolute atomic E-state index is 0.182. The Hall–Kier alpha value is -1.27. The molecule has 1 fully saturated rings. The first-order valence-corrected chi connectivity index (χ1v) is 11.2. The number of nitrogens with zero attached hydrogens (tertiary/aromatic N) is 1. The van der Waals surface area contributed by atoms with Crippen molar-refractivity contribution >= 4 is 60.4 Å². The van der Waals surface area contributed by atoms with Gasteiger partial charge in [0.05, 0.1) is 8.66 Å². The van der Waals surface area contributed by atoms with E-state index in [-0.39, 0.29) is 10.8 Å². The number of sulfonamides is 1. The number of thiophene rings is 2. The smallest absolute Gasteiger partial charge is 0.271 e. The first kappa shape index (κ1) is 18.5. The Morgan fingerprint density at radius 2 is 2.04 bits per heavy atom. The molecule has 1 aliphatic heterocycles. The third-order valence-corrected chi connectivity index (χ3v) is 8.53. The zero-order valence-corrected chi connectivity index (χ0v) is 16.8. The lowest BCUT2D eigenvalue weighted by Crippen LogP contribution is -2.51. The SMILES string of the molecule is O=C(NNC(=O)C1CCCN1S(=O)(=O)c1ccc(Br)s1)c1cccs1. The Morgan fingerprint density at radius 3 is 2.68 bits per heavy atom. The molecule has 1 saturated heterocycles. The average molecular weight is 464 g/mol. The summed E-state index contributed by atoms with van der Waals surface area (Å²) in [6.45, 7) is 0.273. The van der Waals surface area contributed by atoms with Crippen LogP contribution in [0, 0.1) is 0 Å². The molecule has 2 aromatic rings. The number of hydrazine groups is 1. The van der Waals surface area contributed by atoms with Gasteiger partial charge in [-0.25, -0.2) is 8.42 Å². The maximum Gasteiger partial charge on any atom is 0.279 e. The molecule has 0 aromatic carbocycles. The predicted molar refractivity (Wildman–Crippen MR) is 98.9 cm³/mol. The van der Waals surface area contributed by atoms with Crippen LogP contribution in [0.1, 0.15) is 22.5 Å². The summed E-state index contributed by atoms with van der Waals surface area (Å²) < 4.78 is 27.6. The van der Waals surface area contributed by atoms with E-state index in [0.29, 0.717) is 21.5 Å². The largest absolute Gasteiger partial charge is 0.279 e. The number of amides is 2. The molecule has 1 aliphatic rings. The Kier molecular flexibility index (Phi) is 5.58. The van der Waals surface area contributed by atoms with Gasteiger partial charge in [-0.15, -0.1) is 22.7 Å². The van der Waals surface area contributed by atoms with Crippen molar-refractivity contribution in [2.45, 2.75) is 23.1 Å². The molecule has 3 heterocycles. The third kappa shape index (κ3) is 3.95. The van der Waals surface area contributed by atoms with Gasteiger partial charge in [-0.3, -0.25) is 20.4 Å². The van der Waals surface area contributed by atoms with E-state index in [0.717, 1.165) is 11.3 Å². The van der Waals surface area contributed by atoms with Gasteiger partial charge in [0.2, 0.25) is 0 Å². The standard InChI is InChI=1S/C14H14BrN3O4S3/c15-11-5-6-12(24-11)25(21,22)18-7-1-3-9(18)13(19)16-17-14(20)10-4-2-8-23-10/h2,4-6,8-9H,1,3,7H2,(H,16,19)(H,17,20). The van der Waals surface area contributed by atoms with Crippen molar-refractivity contribution in [2.75, 3.05) is 6.54 Å². The molecular weight excluding hydrogens is 450 g/mol. The van der Waals surface area contributed by atoms with Crippen molar-refractivity contribution in [1.29, 1.82) is 0 Å². The second-order valence-corrected chi connectivity index (χ2v) is 10.8. The maximum absolute atomic E-state index is 12.7. The van der Waals surface area contributed by atoms with Crippen LogP contribution in [0.15, 0.2) is 37.6 Å². The predicted octanol–water partition coefficient (Wildman–Crippen LogP) is 2.19. The third-order valence-electron chi connectivity index (χ3n) is 3.66. The number of carbonyl (C=O) groups excluding carboxylic acids is 2. The van der Waals surface area contributed by atoms with Crippen LogP contribution in [0.5, 0.6) is 0 Å². The van der Waals surface area contributed by atoms with E-state index in [1.165, 1.54) is 21.7 Å². The lowest BCUT2D eigenvalue weighted by atomic mass is 10.2. The molecule has 0 saturated carbocycles. The minimum atomic E-state index is -3.74. The Morgan fingerprint density at radius 1 is 1.24 bits per heavy atom. The Labute approximate surface area is 161 Å². The van der Waals surface area contributed by atoms with Crippen molar-refractivity contribution in [3.05, 3.63) is 38.3 Å². The van der Waals surface area contributed by atoms with Crippen LogP contribution >= 0.6 is 38.6 Å². The molecule has 0 bridgehead atoms. The summed E-state index contributed by atoms with van der Waals surface area (Å²) in [4.78, 5) is 24.7. The van der Waals surface area contributed by atoms with Crippen molar-refractivity contribution in [1.82, 2.24) is 15.2 Å². The van der Waals surface area contributed by atoms with Gasteiger partial charge in [-0.05, 0) is 52.4 Å². The fourth-order valence-electron chi connectivity index (χ4n) is 2.51. The van der Waals surface area contributed by atoms with Crippen LogP contribution in [0.3, 0.4) is 0 Å². The van der Waals surface area contributed by atoms with Crippen molar-refractivity contribution in [3.63, 3.8) is 0 Å². The molecule has 11 heteroatoms. The first-order chi connectivity index (χ1) is 11.9. The van der Waals surface area contributed by atoms with Gasteiger partial charge in [0.1, 0.15) is 10.3 Å². The van der Waals surface area contributed by atoms with Gasteiger partial charge in [-0.2, -0.15) is 4.31 Å². The van der Waals surface area contributed by atoms with Crippen LogP contribution in [-0.4, -0.2) is 37.1 Å². The fourth-order valence-corrected chi connectivity index (χ4v) is 6.93. The van der Waals surface area contributed by atoms with E-state index >= 15 is 0 Å². The monoisotopic (exact) mass is 463 g/mol. The van der Waals surface area contributed by atoms with E-state index in [1.807, 2.05) is 0 Å². The topological polar surface area (TPSA) is 95.6 Å². The zero-order chi connectivity index (χ0) is 18.0. The molecule has 134 valence electrons. The molecule has 2 aromatic heterocycles. The molecule has 1 unspecified atom stereocenters. The molecule has 7 nitrogen and oxygen atoms in total. The second kappa shape index (κ2) is 7.54. The van der Waals surface area contributed by atoms with E-state index in [9.17, 15) is 18.0 Å². The van der Waals surface area contributed by atoms with Gasteiger partial charge in [0, 0.05) is 6.54 Å². The molecule has 2 N–H and O–H groups in total. The second-order valence-electron chi connectivity index (χ2n) is 5.25. The van der Waals surface area contributed by atoms with E-state index in [2.05, 4.69) is 26.8 Å². The number of carbonyl (C=O) groups is 2. The van der Waals surface area contributed by atoms with Crippen LogP contribution in [-0.2, 0) is 14.8 Å². The van der Waals surface area contributed by atoms with Gasteiger partial charge in [-0.1, -0.05) is 6.07 Å². The summed E-state index contributed by atoms with van der Waals surface area (Å²) in [7, 11) is -3.74.